The number of nitrogens with one attached hydrogen (secondary N) is 2. The first kappa shape index (κ1) is 19.2. The molecule has 0 aliphatic rings. The Hall–Kier alpha value is -3.61. The first-order valence-electron chi connectivity index (χ1n) is 8.65. The summed E-state index contributed by atoms with van der Waals surface area (Å²) in [6.07, 6.45) is 0.683. The van der Waals surface area contributed by atoms with Crippen molar-refractivity contribution in [3.8, 4) is 5.75 Å². The Kier molecular flexibility index (Phi) is 6.06. The molecule has 0 spiro atoms. The van der Waals surface area contributed by atoms with Crippen LogP contribution in [0, 0.1) is 5.82 Å². The molecule has 2 amide bonds. The van der Waals surface area contributed by atoms with Crippen LogP contribution in [-0.4, -0.2) is 17.9 Å². The normalized spacial score (nSPS) is 11.5. The van der Waals surface area contributed by atoms with E-state index < -0.39 is 12.0 Å². The van der Waals surface area contributed by atoms with Gasteiger partial charge in [-0.1, -0.05) is 12.1 Å². The van der Waals surface area contributed by atoms with E-state index in [1.807, 2.05) is 0 Å². The highest BCUT2D eigenvalue weighted by atomic mass is 19.1. The van der Waals surface area contributed by atoms with Crippen molar-refractivity contribution in [3.63, 3.8) is 0 Å². The van der Waals surface area contributed by atoms with Crippen LogP contribution in [0.1, 0.15) is 23.0 Å². The zero-order chi connectivity index (χ0) is 19.9. The van der Waals surface area contributed by atoms with E-state index >= 15 is 0 Å². The van der Waals surface area contributed by atoms with Crippen molar-refractivity contribution in [3.05, 3.63) is 84.1 Å². The van der Waals surface area contributed by atoms with Crippen LogP contribution in [0.15, 0.2) is 71.3 Å². The molecule has 6 nitrogen and oxygen atoms in total. The fourth-order valence-electron chi connectivity index (χ4n) is 2.47. The highest BCUT2D eigenvalue weighted by molar-refractivity contribution is 6.04. The third-order valence-electron chi connectivity index (χ3n) is 3.93. The van der Waals surface area contributed by atoms with Crippen LogP contribution in [0.2, 0.25) is 0 Å². The maximum atomic E-state index is 13.0. The van der Waals surface area contributed by atoms with Gasteiger partial charge in [0.15, 0.2) is 6.10 Å². The number of furan rings is 1. The lowest BCUT2D eigenvalue weighted by Gasteiger charge is -2.16. The second-order valence-electron chi connectivity index (χ2n) is 6.01. The molecule has 0 saturated carbocycles. The molecule has 1 aromatic heterocycles. The second-order valence-corrected chi connectivity index (χ2v) is 6.01. The summed E-state index contributed by atoms with van der Waals surface area (Å²) in [6.45, 7) is 1.80. The minimum Gasteiger partial charge on any atom is -0.481 e. The Morgan fingerprint density at radius 2 is 1.82 bits per heavy atom. The van der Waals surface area contributed by atoms with E-state index in [4.69, 9.17) is 9.15 Å². The number of halogens is 1. The highest BCUT2D eigenvalue weighted by Crippen LogP contribution is 2.17. The van der Waals surface area contributed by atoms with Crippen molar-refractivity contribution < 1.29 is 23.1 Å². The summed E-state index contributed by atoms with van der Waals surface area (Å²) in [5.74, 6) is -0.182. The van der Waals surface area contributed by atoms with Crippen LogP contribution < -0.4 is 15.4 Å². The lowest BCUT2D eigenvalue weighted by atomic mass is 10.1. The molecule has 0 radical (unpaired) electrons. The Bertz CT molecular complexity index is 939. The van der Waals surface area contributed by atoms with Gasteiger partial charge in [0, 0.05) is 0 Å². The van der Waals surface area contributed by atoms with Crippen molar-refractivity contribution >= 4 is 17.5 Å². The molecule has 1 atom stereocenters. The summed E-state index contributed by atoms with van der Waals surface area (Å²) >= 11 is 0. The Morgan fingerprint density at radius 1 is 1.07 bits per heavy atom. The Balaban J connectivity index is 1.63. The van der Waals surface area contributed by atoms with Gasteiger partial charge < -0.3 is 19.8 Å². The highest BCUT2D eigenvalue weighted by Gasteiger charge is 2.18. The zero-order valence-corrected chi connectivity index (χ0v) is 15.1. The molecule has 28 heavy (non-hydrogen) atoms. The molecule has 0 fully saturated rings. The van der Waals surface area contributed by atoms with Crippen LogP contribution in [0.4, 0.5) is 10.1 Å². The molecule has 2 N–H and O–H groups in total. The van der Waals surface area contributed by atoms with Gasteiger partial charge in [-0.2, -0.15) is 0 Å². The predicted octanol–water partition coefficient (Wildman–Crippen LogP) is 3.75. The van der Waals surface area contributed by atoms with Gasteiger partial charge in [-0.05, 0) is 55.5 Å². The minimum atomic E-state index is -0.843. The molecule has 0 aliphatic heterocycles. The number of amides is 2. The average Bonchev–Trinajstić information content (AvgIpc) is 3.22. The molecule has 3 aromatic rings. The van der Waals surface area contributed by atoms with E-state index in [0.717, 1.165) is 0 Å². The molecule has 2 aromatic carbocycles. The summed E-state index contributed by atoms with van der Waals surface area (Å²) in [5.41, 5.74) is 0.676. The summed E-state index contributed by atoms with van der Waals surface area (Å²) in [6, 6.07) is 15.5. The number of carbonyl (C=O) groups excluding carboxylic acids is 2. The number of hydrogen-bond acceptors (Lipinski definition) is 4. The molecule has 0 aliphatic carbocycles. The molecular formula is C21H19FN2O4. The van der Waals surface area contributed by atoms with Gasteiger partial charge in [0.1, 0.15) is 17.3 Å². The van der Waals surface area contributed by atoms with Gasteiger partial charge in [-0.15, -0.1) is 0 Å². The van der Waals surface area contributed by atoms with Crippen LogP contribution >= 0.6 is 0 Å². The van der Waals surface area contributed by atoms with E-state index in [2.05, 4.69) is 10.6 Å². The number of rotatable bonds is 7. The van der Waals surface area contributed by atoms with Crippen LogP contribution in [-0.2, 0) is 11.3 Å². The van der Waals surface area contributed by atoms with Gasteiger partial charge in [-0.25, -0.2) is 4.39 Å². The average molecular weight is 382 g/mol. The van der Waals surface area contributed by atoms with Gasteiger partial charge in [0.25, 0.3) is 11.8 Å². The van der Waals surface area contributed by atoms with E-state index in [1.54, 1.807) is 43.3 Å². The van der Waals surface area contributed by atoms with Crippen molar-refractivity contribution in [1.29, 1.82) is 0 Å². The van der Waals surface area contributed by atoms with E-state index in [1.165, 1.54) is 30.5 Å². The third kappa shape index (κ3) is 4.97. The van der Waals surface area contributed by atoms with Crippen molar-refractivity contribution in [2.75, 3.05) is 5.32 Å². The standard InChI is InChI=1S/C21H19FN2O4/c1-14(28-16-10-8-15(22)9-11-16)20(25)24-19-7-3-2-6-18(19)21(26)23-13-17-5-4-12-27-17/h2-12,14H,13H2,1H3,(H,23,26)(H,24,25). The maximum absolute atomic E-state index is 13.0. The molecule has 1 unspecified atom stereocenters. The van der Waals surface area contributed by atoms with Gasteiger partial charge in [0.2, 0.25) is 0 Å². The topological polar surface area (TPSA) is 80.6 Å². The molecule has 0 bridgehead atoms. The van der Waals surface area contributed by atoms with E-state index in [0.29, 0.717) is 22.8 Å². The molecule has 7 heteroatoms. The minimum absolute atomic E-state index is 0.234. The zero-order valence-electron chi connectivity index (χ0n) is 15.1. The summed E-state index contributed by atoms with van der Waals surface area (Å²) in [4.78, 5) is 24.9. The second kappa shape index (κ2) is 8.85. The van der Waals surface area contributed by atoms with Crippen LogP contribution in [0.3, 0.4) is 0 Å². The van der Waals surface area contributed by atoms with Crippen molar-refractivity contribution in [2.24, 2.45) is 0 Å². The molecule has 1 heterocycles. The van der Waals surface area contributed by atoms with E-state index in [-0.39, 0.29) is 18.3 Å². The number of ether oxygens (including phenoxy) is 1. The summed E-state index contributed by atoms with van der Waals surface area (Å²) < 4.78 is 23.7. The van der Waals surface area contributed by atoms with Crippen LogP contribution in [0.5, 0.6) is 5.75 Å². The Morgan fingerprint density at radius 3 is 2.54 bits per heavy atom. The van der Waals surface area contributed by atoms with Crippen LogP contribution in [0.25, 0.3) is 0 Å². The first-order valence-corrected chi connectivity index (χ1v) is 8.65. The number of para-hydroxylation sites is 1. The largest absolute Gasteiger partial charge is 0.481 e. The van der Waals surface area contributed by atoms with Crippen molar-refractivity contribution in [1.82, 2.24) is 5.32 Å². The number of anilines is 1. The van der Waals surface area contributed by atoms with Gasteiger partial charge in [-0.3, -0.25) is 9.59 Å². The van der Waals surface area contributed by atoms with E-state index in [9.17, 15) is 14.0 Å². The third-order valence-corrected chi connectivity index (χ3v) is 3.93. The fourth-order valence-corrected chi connectivity index (χ4v) is 2.47. The molecule has 3 rings (SSSR count). The monoisotopic (exact) mass is 382 g/mol. The summed E-state index contributed by atoms with van der Waals surface area (Å²) in [7, 11) is 0. The fraction of sp³-hybridized carbons (Fsp3) is 0.143. The number of benzene rings is 2. The SMILES string of the molecule is CC(Oc1ccc(F)cc1)C(=O)Nc1ccccc1C(=O)NCc1ccco1. The molecule has 144 valence electrons. The smallest absolute Gasteiger partial charge is 0.265 e. The maximum Gasteiger partial charge on any atom is 0.265 e. The number of carbonyl (C=O) groups is 2. The lowest BCUT2D eigenvalue weighted by Crippen LogP contribution is -2.31. The predicted molar refractivity (Wildman–Crippen MR) is 101 cm³/mol. The quantitative estimate of drug-likeness (QED) is 0.652. The number of hydrogen-bond donors (Lipinski definition) is 2. The van der Waals surface area contributed by atoms with Gasteiger partial charge >= 0.3 is 0 Å². The molecule has 0 saturated heterocycles. The first-order chi connectivity index (χ1) is 13.5. The molecular weight excluding hydrogens is 363 g/mol. The van der Waals surface area contributed by atoms with Gasteiger partial charge in [0.05, 0.1) is 24.1 Å². The lowest BCUT2D eigenvalue weighted by molar-refractivity contribution is -0.122. The Labute approximate surface area is 161 Å². The summed E-state index contributed by atoms with van der Waals surface area (Å²) in [5, 5.41) is 5.43. The van der Waals surface area contributed by atoms with Crippen molar-refractivity contribution in [2.45, 2.75) is 19.6 Å².